The molecule has 1 heterocycles. The second-order valence-corrected chi connectivity index (χ2v) is 7.51. The van der Waals surface area contributed by atoms with Gasteiger partial charge in [0.15, 0.2) is 0 Å². The molecule has 0 aliphatic rings. The fourth-order valence-electron chi connectivity index (χ4n) is 1.78. The van der Waals surface area contributed by atoms with Crippen molar-refractivity contribution >= 4 is 50.5 Å². The van der Waals surface area contributed by atoms with Crippen LogP contribution in [0.4, 0.5) is 10.1 Å². The Morgan fingerprint density at radius 2 is 2.19 bits per heavy atom. The molecule has 0 aliphatic heterocycles. The second-order valence-electron chi connectivity index (χ2n) is 4.56. The van der Waals surface area contributed by atoms with Crippen LogP contribution in [0.2, 0.25) is 5.02 Å². The van der Waals surface area contributed by atoms with Crippen molar-refractivity contribution in [3.63, 3.8) is 0 Å². The van der Waals surface area contributed by atoms with Gasteiger partial charge in [-0.15, -0.1) is 11.3 Å². The van der Waals surface area contributed by atoms with Gasteiger partial charge in [-0.1, -0.05) is 11.6 Å². The molecule has 21 heavy (non-hydrogen) atoms. The van der Waals surface area contributed by atoms with Gasteiger partial charge in [0.25, 0.3) is 0 Å². The quantitative estimate of drug-likeness (QED) is 0.820. The zero-order chi connectivity index (χ0) is 15.4. The van der Waals surface area contributed by atoms with Crippen LogP contribution in [0.3, 0.4) is 0 Å². The van der Waals surface area contributed by atoms with Crippen LogP contribution in [0.15, 0.2) is 34.1 Å². The number of anilines is 1. The Hall–Kier alpha value is -0.950. The maximum Gasteiger partial charge on any atom is 0.238 e. The third kappa shape index (κ3) is 5.07. The fraction of sp³-hybridized carbons (Fsp3) is 0.214. The molecular weight excluding hydrogens is 379 g/mol. The highest BCUT2D eigenvalue weighted by atomic mass is 79.9. The molecule has 0 unspecified atom stereocenters. The molecule has 112 valence electrons. The van der Waals surface area contributed by atoms with Crippen molar-refractivity contribution in [3.8, 4) is 0 Å². The first-order valence-electron chi connectivity index (χ1n) is 6.11. The number of halogens is 3. The van der Waals surface area contributed by atoms with Gasteiger partial charge in [0.2, 0.25) is 5.91 Å². The standard InChI is InChI=1S/C14H13BrClFN2OS/c1-19(7-10-3-5-13(15)21-10)8-14(20)18-9-2-4-12(17)11(16)6-9/h2-6H,7-8H2,1H3,(H,18,20). The minimum atomic E-state index is -0.505. The monoisotopic (exact) mass is 390 g/mol. The summed E-state index contributed by atoms with van der Waals surface area (Å²) in [4.78, 5) is 15.0. The molecule has 2 rings (SSSR count). The largest absolute Gasteiger partial charge is 0.325 e. The molecule has 0 atom stereocenters. The summed E-state index contributed by atoms with van der Waals surface area (Å²) in [5.74, 6) is -0.675. The molecule has 1 amide bonds. The normalized spacial score (nSPS) is 10.9. The highest BCUT2D eigenvalue weighted by molar-refractivity contribution is 9.11. The average molecular weight is 392 g/mol. The van der Waals surface area contributed by atoms with Crippen LogP contribution in [0, 0.1) is 5.82 Å². The molecule has 1 aromatic heterocycles. The van der Waals surface area contributed by atoms with E-state index in [0.717, 1.165) is 3.79 Å². The number of hydrogen-bond donors (Lipinski definition) is 1. The summed E-state index contributed by atoms with van der Waals surface area (Å²) in [6, 6.07) is 8.10. The van der Waals surface area contributed by atoms with Crippen LogP contribution in [0.5, 0.6) is 0 Å². The summed E-state index contributed by atoms with van der Waals surface area (Å²) < 4.78 is 14.1. The third-order valence-corrected chi connectivity index (χ3v) is 4.57. The molecule has 1 aromatic carbocycles. The lowest BCUT2D eigenvalue weighted by molar-refractivity contribution is -0.117. The molecule has 3 nitrogen and oxygen atoms in total. The minimum absolute atomic E-state index is 0.00964. The lowest BCUT2D eigenvalue weighted by Gasteiger charge is -2.15. The van der Waals surface area contributed by atoms with E-state index in [0.29, 0.717) is 12.2 Å². The Morgan fingerprint density at radius 3 is 2.81 bits per heavy atom. The van der Waals surface area contributed by atoms with Gasteiger partial charge in [-0.25, -0.2) is 4.39 Å². The van der Waals surface area contributed by atoms with Gasteiger partial charge in [-0.3, -0.25) is 9.69 Å². The summed E-state index contributed by atoms with van der Waals surface area (Å²) in [5.41, 5.74) is 0.485. The number of hydrogen-bond acceptors (Lipinski definition) is 3. The van der Waals surface area contributed by atoms with Crippen molar-refractivity contribution in [2.75, 3.05) is 18.9 Å². The highest BCUT2D eigenvalue weighted by Crippen LogP contribution is 2.23. The van der Waals surface area contributed by atoms with Gasteiger partial charge in [-0.05, 0) is 53.3 Å². The molecular formula is C14H13BrClFN2OS. The second kappa shape index (κ2) is 7.35. The SMILES string of the molecule is CN(CC(=O)Nc1ccc(F)c(Cl)c1)Cc1ccc(Br)s1. The van der Waals surface area contributed by atoms with Crippen LogP contribution in [-0.4, -0.2) is 24.4 Å². The van der Waals surface area contributed by atoms with Crippen molar-refractivity contribution < 1.29 is 9.18 Å². The summed E-state index contributed by atoms with van der Waals surface area (Å²) in [5, 5.41) is 2.68. The van der Waals surface area contributed by atoms with Crippen molar-refractivity contribution in [2.45, 2.75) is 6.54 Å². The van der Waals surface area contributed by atoms with Crippen LogP contribution in [-0.2, 0) is 11.3 Å². The minimum Gasteiger partial charge on any atom is -0.325 e. The van der Waals surface area contributed by atoms with Gasteiger partial charge in [0, 0.05) is 17.1 Å². The van der Waals surface area contributed by atoms with Crippen LogP contribution >= 0.6 is 38.9 Å². The number of nitrogens with zero attached hydrogens (tertiary/aromatic N) is 1. The number of nitrogens with one attached hydrogen (secondary N) is 1. The van der Waals surface area contributed by atoms with Crippen molar-refractivity contribution in [2.24, 2.45) is 0 Å². The van der Waals surface area contributed by atoms with E-state index in [1.165, 1.54) is 23.1 Å². The maximum atomic E-state index is 13.0. The van der Waals surface area contributed by atoms with E-state index in [1.807, 2.05) is 24.1 Å². The number of carbonyl (C=O) groups excluding carboxylic acids is 1. The number of thiophene rings is 1. The molecule has 0 spiro atoms. The maximum absolute atomic E-state index is 13.0. The van der Waals surface area contributed by atoms with Crippen molar-refractivity contribution in [1.29, 1.82) is 0 Å². The van der Waals surface area contributed by atoms with Crippen molar-refractivity contribution in [1.82, 2.24) is 4.90 Å². The third-order valence-electron chi connectivity index (χ3n) is 2.67. The van der Waals surface area contributed by atoms with Crippen LogP contribution in [0.1, 0.15) is 4.88 Å². The first-order valence-corrected chi connectivity index (χ1v) is 8.10. The van der Waals surface area contributed by atoms with E-state index < -0.39 is 5.82 Å². The predicted molar refractivity (Wildman–Crippen MR) is 88.4 cm³/mol. The van der Waals surface area contributed by atoms with E-state index in [1.54, 1.807) is 11.3 Å². The first-order chi connectivity index (χ1) is 9.94. The lowest BCUT2D eigenvalue weighted by Crippen LogP contribution is -2.29. The molecule has 0 saturated carbocycles. The Balaban J connectivity index is 1.87. The predicted octanol–water partition coefficient (Wildman–Crippen LogP) is 4.37. The average Bonchev–Trinajstić information content (AvgIpc) is 2.79. The molecule has 0 saturated heterocycles. The smallest absolute Gasteiger partial charge is 0.238 e. The zero-order valence-corrected chi connectivity index (χ0v) is 14.4. The van der Waals surface area contributed by atoms with Gasteiger partial charge >= 0.3 is 0 Å². The summed E-state index contributed by atoms with van der Waals surface area (Å²) in [6.45, 7) is 0.929. The Bertz CT molecular complexity index is 650. The van der Waals surface area contributed by atoms with E-state index in [9.17, 15) is 9.18 Å². The van der Waals surface area contributed by atoms with Gasteiger partial charge in [0.1, 0.15) is 5.82 Å². The Labute approximate surface area is 139 Å². The van der Waals surface area contributed by atoms with Crippen LogP contribution < -0.4 is 5.32 Å². The fourth-order valence-corrected chi connectivity index (χ4v) is 3.52. The van der Waals surface area contributed by atoms with Gasteiger partial charge in [-0.2, -0.15) is 0 Å². The topological polar surface area (TPSA) is 32.3 Å². The number of likely N-dealkylation sites (N-methyl/N-ethyl adjacent to an activating group) is 1. The molecule has 0 radical (unpaired) electrons. The van der Waals surface area contributed by atoms with Crippen LogP contribution in [0.25, 0.3) is 0 Å². The number of rotatable bonds is 5. The summed E-state index contributed by atoms with van der Waals surface area (Å²) in [7, 11) is 1.87. The van der Waals surface area contributed by atoms with Crippen molar-refractivity contribution in [3.05, 3.63) is 49.8 Å². The highest BCUT2D eigenvalue weighted by Gasteiger charge is 2.10. The molecule has 1 N–H and O–H groups in total. The summed E-state index contributed by atoms with van der Waals surface area (Å²) in [6.07, 6.45) is 0. The lowest BCUT2D eigenvalue weighted by atomic mass is 10.3. The Morgan fingerprint density at radius 1 is 1.43 bits per heavy atom. The molecule has 0 aliphatic carbocycles. The molecule has 0 fully saturated rings. The van der Waals surface area contributed by atoms with E-state index in [4.69, 9.17) is 11.6 Å². The summed E-state index contributed by atoms with van der Waals surface area (Å²) >= 11 is 10.7. The van der Waals surface area contributed by atoms with Gasteiger partial charge < -0.3 is 5.32 Å². The van der Waals surface area contributed by atoms with E-state index >= 15 is 0 Å². The van der Waals surface area contributed by atoms with E-state index in [-0.39, 0.29) is 17.5 Å². The zero-order valence-electron chi connectivity index (χ0n) is 11.2. The number of amides is 1. The first kappa shape index (κ1) is 16.4. The number of carbonyl (C=O) groups is 1. The van der Waals surface area contributed by atoms with Gasteiger partial charge in [0.05, 0.1) is 15.4 Å². The number of benzene rings is 1. The Kier molecular flexibility index (Phi) is 5.75. The molecule has 0 bridgehead atoms. The van der Waals surface area contributed by atoms with E-state index in [2.05, 4.69) is 21.2 Å². The molecule has 2 aromatic rings. The molecule has 7 heteroatoms.